The molecule has 164 valence electrons. The van der Waals surface area contributed by atoms with Gasteiger partial charge in [0.25, 0.3) is 5.56 Å². The first-order valence-electron chi connectivity index (χ1n) is 10.8. The predicted molar refractivity (Wildman–Crippen MR) is 120 cm³/mol. The summed E-state index contributed by atoms with van der Waals surface area (Å²) in [5, 5.41) is 1.25. The van der Waals surface area contributed by atoms with Crippen LogP contribution < -0.4 is 5.56 Å². The summed E-state index contributed by atoms with van der Waals surface area (Å²) in [4.78, 5) is 12.9. The van der Waals surface area contributed by atoms with Gasteiger partial charge in [0.2, 0.25) is 0 Å². The molecule has 0 bridgehead atoms. The van der Waals surface area contributed by atoms with Crippen LogP contribution in [0, 0.1) is 0 Å². The molecular formula is C26H23F3N2O. The summed E-state index contributed by atoms with van der Waals surface area (Å²) in [6, 6.07) is 14.2. The Hall–Kier alpha value is -3.28. The first kappa shape index (κ1) is 20.6. The number of hydrogen-bond donors (Lipinski definition) is 0. The monoisotopic (exact) mass is 436 g/mol. The lowest BCUT2D eigenvalue weighted by molar-refractivity contribution is -0.137. The maximum absolute atomic E-state index is 12.9. The highest BCUT2D eigenvalue weighted by atomic mass is 19.4. The Labute approximate surface area is 183 Å². The van der Waals surface area contributed by atoms with Crippen LogP contribution in [0.15, 0.2) is 65.6 Å². The maximum Gasteiger partial charge on any atom is 0.416 e. The number of benzene rings is 2. The molecule has 0 atom stereocenters. The van der Waals surface area contributed by atoms with Crippen molar-refractivity contribution in [3.8, 4) is 16.8 Å². The molecule has 0 saturated carbocycles. The molecule has 0 aliphatic heterocycles. The Kier molecular flexibility index (Phi) is 4.96. The van der Waals surface area contributed by atoms with Crippen LogP contribution in [0.5, 0.6) is 0 Å². The molecular weight excluding hydrogens is 413 g/mol. The van der Waals surface area contributed by atoms with Gasteiger partial charge >= 0.3 is 6.18 Å². The highest BCUT2D eigenvalue weighted by Gasteiger charge is 2.30. The standard InChI is InChI=1S/C26H23F3N2O/c1-30-23-6-4-2-3-5-21(23)22-12-11-20(16-24(22)30)31-14-13-18(15-25(31)32)17-7-9-19(10-8-17)26(27,28)29/h7-16H,2-6H2,1H3. The molecule has 2 aromatic heterocycles. The van der Waals surface area contributed by atoms with Crippen molar-refractivity contribution in [2.45, 2.75) is 38.3 Å². The van der Waals surface area contributed by atoms with Crippen molar-refractivity contribution in [1.82, 2.24) is 9.13 Å². The highest BCUT2D eigenvalue weighted by Crippen LogP contribution is 2.33. The van der Waals surface area contributed by atoms with E-state index in [9.17, 15) is 18.0 Å². The molecule has 3 nitrogen and oxygen atoms in total. The van der Waals surface area contributed by atoms with Crippen molar-refractivity contribution in [1.29, 1.82) is 0 Å². The fraction of sp³-hybridized carbons (Fsp3) is 0.269. The van der Waals surface area contributed by atoms with Crippen LogP contribution in [0.3, 0.4) is 0 Å². The van der Waals surface area contributed by atoms with Gasteiger partial charge in [-0.1, -0.05) is 24.6 Å². The number of hydrogen-bond acceptors (Lipinski definition) is 1. The summed E-state index contributed by atoms with van der Waals surface area (Å²) < 4.78 is 42.2. The molecule has 0 saturated heterocycles. The Morgan fingerprint density at radius 2 is 1.59 bits per heavy atom. The lowest BCUT2D eigenvalue weighted by Gasteiger charge is -2.10. The van der Waals surface area contributed by atoms with Gasteiger partial charge in [0.15, 0.2) is 0 Å². The second kappa shape index (κ2) is 7.69. The van der Waals surface area contributed by atoms with Crippen molar-refractivity contribution < 1.29 is 13.2 Å². The van der Waals surface area contributed by atoms with E-state index in [1.54, 1.807) is 16.8 Å². The molecule has 0 radical (unpaired) electrons. The van der Waals surface area contributed by atoms with Gasteiger partial charge in [0.05, 0.1) is 16.8 Å². The number of halogens is 3. The summed E-state index contributed by atoms with van der Waals surface area (Å²) in [5.74, 6) is 0. The Balaban J connectivity index is 1.52. The topological polar surface area (TPSA) is 26.9 Å². The second-order valence-corrected chi connectivity index (χ2v) is 8.45. The Morgan fingerprint density at radius 1 is 0.844 bits per heavy atom. The number of fused-ring (bicyclic) bond motifs is 3. The number of aromatic nitrogens is 2. The van der Waals surface area contributed by atoms with E-state index in [1.807, 2.05) is 12.1 Å². The number of pyridine rings is 1. The molecule has 32 heavy (non-hydrogen) atoms. The number of rotatable bonds is 2. The zero-order chi connectivity index (χ0) is 22.5. The second-order valence-electron chi connectivity index (χ2n) is 8.45. The molecule has 1 aliphatic carbocycles. The van der Waals surface area contributed by atoms with Gasteiger partial charge in [-0.15, -0.1) is 0 Å². The molecule has 0 spiro atoms. The molecule has 2 heterocycles. The predicted octanol–water partition coefficient (Wildman–Crippen LogP) is 6.28. The van der Waals surface area contributed by atoms with Gasteiger partial charge in [-0.2, -0.15) is 13.2 Å². The highest BCUT2D eigenvalue weighted by molar-refractivity contribution is 5.87. The van der Waals surface area contributed by atoms with E-state index in [0.717, 1.165) is 36.2 Å². The summed E-state index contributed by atoms with van der Waals surface area (Å²) in [7, 11) is 2.09. The van der Waals surface area contributed by atoms with Gasteiger partial charge in [0, 0.05) is 30.4 Å². The van der Waals surface area contributed by atoms with Crippen LogP contribution in [0.1, 0.15) is 36.1 Å². The molecule has 2 aromatic carbocycles. The fourth-order valence-electron chi connectivity index (χ4n) is 4.80. The van der Waals surface area contributed by atoms with Gasteiger partial charge < -0.3 is 4.57 Å². The van der Waals surface area contributed by atoms with Crippen molar-refractivity contribution in [3.05, 3.63) is 88.0 Å². The van der Waals surface area contributed by atoms with Crippen molar-refractivity contribution >= 4 is 10.9 Å². The minimum absolute atomic E-state index is 0.225. The summed E-state index contributed by atoms with van der Waals surface area (Å²) in [5.41, 5.74) is 4.94. The molecule has 5 rings (SSSR count). The first-order chi connectivity index (χ1) is 15.3. The molecule has 0 unspecified atom stereocenters. The Morgan fingerprint density at radius 3 is 2.31 bits per heavy atom. The lowest BCUT2D eigenvalue weighted by atomic mass is 10.0. The van der Waals surface area contributed by atoms with Crippen LogP contribution >= 0.6 is 0 Å². The summed E-state index contributed by atoms with van der Waals surface area (Å²) in [6.45, 7) is 0. The average Bonchev–Trinajstić information content (AvgIpc) is 2.93. The van der Waals surface area contributed by atoms with Crippen LogP contribution in [0.2, 0.25) is 0 Å². The van der Waals surface area contributed by atoms with E-state index in [2.05, 4.69) is 17.7 Å². The molecule has 6 heteroatoms. The SMILES string of the molecule is Cn1c2c(c3ccc(-n4ccc(-c5ccc(C(F)(F)F)cc5)cc4=O)cc31)CCCCC2. The van der Waals surface area contributed by atoms with Gasteiger partial charge in [-0.3, -0.25) is 9.36 Å². The normalized spacial score (nSPS) is 14.4. The molecule has 0 N–H and O–H groups in total. The molecule has 0 fully saturated rings. The minimum atomic E-state index is -4.38. The van der Waals surface area contributed by atoms with E-state index >= 15 is 0 Å². The molecule has 4 aromatic rings. The van der Waals surface area contributed by atoms with Crippen molar-refractivity contribution in [3.63, 3.8) is 0 Å². The van der Waals surface area contributed by atoms with Crippen LogP contribution in [0.25, 0.3) is 27.7 Å². The number of aryl methyl sites for hydroxylation is 2. The van der Waals surface area contributed by atoms with Gasteiger partial charge in [-0.25, -0.2) is 0 Å². The van der Waals surface area contributed by atoms with Crippen LogP contribution in [0.4, 0.5) is 13.2 Å². The molecule has 1 aliphatic rings. The maximum atomic E-state index is 12.9. The Bertz CT molecular complexity index is 1360. The van der Waals surface area contributed by atoms with E-state index < -0.39 is 11.7 Å². The van der Waals surface area contributed by atoms with Gasteiger partial charge in [-0.05, 0) is 72.7 Å². The van der Waals surface area contributed by atoms with E-state index in [0.29, 0.717) is 11.1 Å². The zero-order valence-corrected chi connectivity index (χ0v) is 17.7. The summed E-state index contributed by atoms with van der Waals surface area (Å²) in [6.07, 6.45) is 3.15. The van der Waals surface area contributed by atoms with Crippen molar-refractivity contribution in [2.75, 3.05) is 0 Å². The van der Waals surface area contributed by atoms with Crippen LogP contribution in [-0.2, 0) is 26.1 Å². The third kappa shape index (κ3) is 3.53. The fourth-order valence-corrected chi connectivity index (χ4v) is 4.80. The zero-order valence-electron chi connectivity index (χ0n) is 17.7. The number of alkyl halides is 3. The largest absolute Gasteiger partial charge is 0.416 e. The quantitative estimate of drug-likeness (QED) is 0.340. The minimum Gasteiger partial charge on any atom is -0.347 e. The van der Waals surface area contributed by atoms with E-state index in [4.69, 9.17) is 0 Å². The summed E-state index contributed by atoms with van der Waals surface area (Å²) >= 11 is 0. The van der Waals surface area contributed by atoms with Crippen LogP contribution in [-0.4, -0.2) is 9.13 Å². The average molecular weight is 436 g/mol. The van der Waals surface area contributed by atoms with E-state index in [1.165, 1.54) is 54.1 Å². The third-order valence-electron chi connectivity index (χ3n) is 6.50. The smallest absolute Gasteiger partial charge is 0.347 e. The van der Waals surface area contributed by atoms with E-state index in [-0.39, 0.29) is 5.56 Å². The molecule has 0 amide bonds. The lowest BCUT2D eigenvalue weighted by Crippen LogP contribution is -2.16. The first-order valence-corrected chi connectivity index (χ1v) is 10.8. The van der Waals surface area contributed by atoms with Crippen molar-refractivity contribution in [2.24, 2.45) is 7.05 Å². The van der Waals surface area contributed by atoms with Gasteiger partial charge in [0.1, 0.15) is 0 Å². The third-order valence-corrected chi connectivity index (χ3v) is 6.50. The number of nitrogens with zero attached hydrogens (tertiary/aromatic N) is 2.